The Morgan fingerprint density at radius 3 is 2.10 bits per heavy atom. The number of nitrogens with one attached hydrogen (secondary N) is 2. The Labute approximate surface area is 130 Å². The fourth-order valence-electron chi connectivity index (χ4n) is 3.33. The van der Waals surface area contributed by atoms with Crippen molar-refractivity contribution in [2.75, 3.05) is 19.6 Å². The van der Waals surface area contributed by atoms with Gasteiger partial charge in [-0.2, -0.15) is 17.4 Å². The zero-order chi connectivity index (χ0) is 15.1. The van der Waals surface area contributed by atoms with E-state index in [1.807, 2.05) is 0 Å². The normalized spacial score (nSPS) is 29.2. The Balaban J connectivity index is 1.78. The molecule has 0 amide bonds. The van der Waals surface area contributed by atoms with Crippen molar-refractivity contribution in [2.24, 2.45) is 0 Å². The molecule has 2 rings (SSSR count). The molecule has 1 aliphatic heterocycles. The van der Waals surface area contributed by atoms with Crippen LogP contribution in [0.1, 0.15) is 64.7 Å². The monoisotopic (exact) mass is 317 g/mol. The Kier molecular flexibility index (Phi) is 6.92. The van der Waals surface area contributed by atoms with Crippen molar-refractivity contribution in [3.05, 3.63) is 0 Å². The van der Waals surface area contributed by atoms with E-state index in [9.17, 15) is 8.42 Å². The summed E-state index contributed by atoms with van der Waals surface area (Å²) in [4.78, 5) is 0. The van der Waals surface area contributed by atoms with E-state index in [4.69, 9.17) is 0 Å². The maximum Gasteiger partial charge on any atom is 0.279 e. The molecule has 0 spiro atoms. The Morgan fingerprint density at radius 1 is 0.952 bits per heavy atom. The molecular weight excluding hydrogens is 286 g/mol. The van der Waals surface area contributed by atoms with Crippen LogP contribution in [-0.4, -0.2) is 44.4 Å². The van der Waals surface area contributed by atoms with E-state index in [0.29, 0.717) is 19.1 Å². The largest absolute Gasteiger partial charge is 0.314 e. The van der Waals surface area contributed by atoms with Crippen molar-refractivity contribution in [1.29, 1.82) is 0 Å². The molecule has 1 saturated heterocycles. The highest BCUT2D eigenvalue weighted by molar-refractivity contribution is 7.87. The van der Waals surface area contributed by atoms with Crippen molar-refractivity contribution in [2.45, 2.75) is 76.8 Å². The first kappa shape index (κ1) is 17.2. The summed E-state index contributed by atoms with van der Waals surface area (Å²) < 4.78 is 29.5. The van der Waals surface area contributed by atoms with Crippen molar-refractivity contribution in [3.8, 4) is 0 Å². The fourth-order valence-corrected chi connectivity index (χ4v) is 4.88. The van der Waals surface area contributed by atoms with Crippen molar-refractivity contribution < 1.29 is 8.42 Å². The second-order valence-corrected chi connectivity index (χ2v) is 8.14. The van der Waals surface area contributed by atoms with Crippen LogP contribution >= 0.6 is 0 Å². The molecule has 6 heteroatoms. The average molecular weight is 317 g/mol. The highest BCUT2D eigenvalue weighted by atomic mass is 32.2. The van der Waals surface area contributed by atoms with E-state index in [1.165, 1.54) is 0 Å². The van der Waals surface area contributed by atoms with Gasteiger partial charge in [0, 0.05) is 25.2 Å². The zero-order valence-corrected chi connectivity index (χ0v) is 14.1. The van der Waals surface area contributed by atoms with Crippen LogP contribution in [0.2, 0.25) is 0 Å². The van der Waals surface area contributed by atoms with Crippen LogP contribution in [0.3, 0.4) is 0 Å². The van der Waals surface area contributed by atoms with Crippen LogP contribution in [0.4, 0.5) is 0 Å². The van der Waals surface area contributed by atoms with Gasteiger partial charge in [-0.05, 0) is 51.5 Å². The lowest BCUT2D eigenvalue weighted by Crippen LogP contribution is -2.48. The van der Waals surface area contributed by atoms with Crippen LogP contribution < -0.4 is 10.0 Å². The van der Waals surface area contributed by atoms with Gasteiger partial charge >= 0.3 is 0 Å². The first-order valence-electron chi connectivity index (χ1n) is 8.62. The smallest absolute Gasteiger partial charge is 0.279 e. The van der Waals surface area contributed by atoms with Crippen LogP contribution in [0.25, 0.3) is 0 Å². The molecule has 2 N–H and O–H groups in total. The molecule has 21 heavy (non-hydrogen) atoms. The maximum atomic E-state index is 12.5. The summed E-state index contributed by atoms with van der Waals surface area (Å²) in [5.74, 6) is 0. The minimum atomic E-state index is -3.28. The highest BCUT2D eigenvalue weighted by Gasteiger charge is 2.28. The predicted octanol–water partition coefficient (Wildman–Crippen LogP) is 2.01. The average Bonchev–Trinajstić information content (AvgIpc) is 2.76. The molecule has 2 aliphatic rings. The van der Waals surface area contributed by atoms with Crippen molar-refractivity contribution in [3.63, 3.8) is 0 Å². The summed E-state index contributed by atoms with van der Waals surface area (Å²) in [7, 11) is -3.28. The van der Waals surface area contributed by atoms with Crippen LogP contribution in [0, 0.1) is 0 Å². The molecule has 0 radical (unpaired) electrons. The van der Waals surface area contributed by atoms with E-state index in [0.717, 1.165) is 64.3 Å². The van der Waals surface area contributed by atoms with Crippen molar-refractivity contribution >= 4 is 10.2 Å². The topological polar surface area (TPSA) is 61.4 Å². The number of nitrogens with zero attached hydrogens (tertiary/aromatic N) is 1. The van der Waals surface area contributed by atoms with Gasteiger partial charge in [0.05, 0.1) is 0 Å². The maximum absolute atomic E-state index is 12.5. The van der Waals surface area contributed by atoms with E-state index in [-0.39, 0.29) is 6.04 Å². The molecule has 2 fully saturated rings. The SMILES string of the molecule is CCCNC1CCC(NS(=O)(=O)N2CCCCCC2)CC1. The summed E-state index contributed by atoms with van der Waals surface area (Å²) >= 11 is 0. The standard InChI is InChI=1S/C15H31N3O2S/c1-2-11-16-14-7-9-15(10-8-14)17-21(19,20)18-12-5-3-4-6-13-18/h14-17H,2-13H2,1H3. The summed E-state index contributed by atoms with van der Waals surface area (Å²) in [5.41, 5.74) is 0. The summed E-state index contributed by atoms with van der Waals surface area (Å²) in [6.07, 6.45) is 9.51. The van der Waals surface area contributed by atoms with Gasteiger partial charge in [0.1, 0.15) is 0 Å². The molecule has 0 aromatic carbocycles. The van der Waals surface area contributed by atoms with E-state index < -0.39 is 10.2 Å². The quantitative estimate of drug-likeness (QED) is 0.788. The van der Waals surface area contributed by atoms with Crippen LogP contribution in [-0.2, 0) is 10.2 Å². The molecule has 0 aromatic heterocycles. The van der Waals surface area contributed by atoms with Crippen molar-refractivity contribution in [1.82, 2.24) is 14.3 Å². The van der Waals surface area contributed by atoms with Gasteiger partial charge in [-0.25, -0.2) is 0 Å². The molecule has 0 atom stereocenters. The molecule has 1 aliphatic carbocycles. The van der Waals surface area contributed by atoms with Gasteiger partial charge in [0.15, 0.2) is 0 Å². The lowest BCUT2D eigenvalue weighted by molar-refractivity contribution is 0.322. The lowest BCUT2D eigenvalue weighted by atomic mass is 9.92. The van der Waals surface area contributed by atoms with Crippen LogP contribution in [0.15, 0.2) is 0 Å². The fraction of sp³-hybridized carbons (Fsp3) is 1.00. The number of hydrogen-bond donors (Lipinski definition) is 2. The first-order chi connectivity index (χ1) is 10.1. The molecule has 0 aromatic rings. The van der Waals surface area contributed by atoms with Crippen LogP contribution in [0.5, 0.6) is 0 Å². The molecule has 124 valence electrons. The minimum Gasteiger partial charge on any atom is -0.314 e. The number of hydrogen-bond acceptors (Lipinski definition) is 3. The molecule has 1 heterocycles. The third-order valence-corrected chi connectivity index (χ3v) is 6.31. The Hall–Kier alpha value is -0.170. The summed E-state index contributed by atoms with van der Waals surface area (Å²) in [5, 5.41) is 3.54. The Bertz CT molecular complexity index is 384. The minimum absolute atomic E-state index is 0.123. The zero-order valence-electron chi connectivity index (χ0n) is 13.3. The molecule has 0 unspecified atom stereocenters. The summed E-state index contributed by atoms with van der Waals surface area (Å²) in [6.45, 7) is 4.61. The van der Waals surface area contributed by atoms with Gasteiger partial charge in [-0.3, -0.25) is 0 Å². The van der Waals surface area contributed by atoms with Gasteiger partial charge in [-0.1, -0.05) is 19.8 Å². The van der Waals surface area contributed by atoms with E-state index in [2.05, 4.69) is 17.0 Å². The molecular formula is C15H31N3O2S. The van der Waals surface area contributed by atoms with E-state index in [1.54, 1.807) is 4.31 Å². The second-order valence-electron chi connectivity index (χ2n) is 6.44. The predicted molar refractivity (Wildman–Crippen MR) is 86.4 cm³/mol. The van der Waals surface area contributed by atoms with Gasteiger partial charge in [0.25, 0.3) is 10.2 Å². The molecule has 0 bridgehead atoms. The van der Waals surface area contributed by atoms with Gasteiger partial charge in [0.2, 0.25) is 0 Å². The highest BCUT2D eigenvalue weighted by Crippen LogP contribution is 2.20. The lowest BCUT2D eigenvalue weighted by Gasteiger charge is -2.31. The Morgan fingerprint density at radius 2 is 1.52 bits per heavy atom. The number of rotatable bonds is 6. The molecule has 5 nitrogen and oxygen atoms in total. The third kappa shape index (κ3) is 5.51. The summed E-state index contributed by atoms with van der Waals surface area (Å²) in [6, 6.07) is 0.696. The molecule has 1 saturated carbocycles. The third-order valence-electron chi connectivity index (χ3n) is 4.63. The second kappa shape index (κ2) is 8.46. The van der Waals surface area contributed by atoms with Gasteiger partial charge in [-0.15, -0.1) is 0 Å². The van der Waals surface area contributed by atoms with E-state index >= 15 is 0 Å². The first-order valence-corrected chi connectivity index (χ1v) is 10.1. The van der Waals surface area contributed by atoms with Gasteiger partial charge < -0.3 is 5.32 Å².